The van der Waals surface area contributed by atoms with Crippen LogP contribution in [0.5, 0.6) is 0 Å². The minimum Gasteiger partial charge on any atom is -0.481 e. The predicted octanol–water partition coefficient (Wildman–Crippen LogP) is 6.21. The number of rotatable bonds is 2. The fourth-order valence-electron chi connectivity index (χ4n) is 9.30. The second-order valence-electron chi connectivity index (χ2n) is 14.1. The lowest BCUT2D eigenvalue weighted by atomic mass is 9.34. The molecule has 0 radical (unpaired) electrons. The highest BCUT2D eigenvalue weighted by molar-refractivity contribution is 5.74. The molecule has 0 spiro atoms. The highest BCUT2D eigenvalue weighted by Crippen LogP contribution is 2.75. The zero-order valence-electron chi connectivity index (χ0n) is 22.5. The molecule has 0 aromatic rings. The summed E-state index contributed by atoms with van der Waals surface area (Å²) in [6.45, 7) is 17.6. The van der Waals surface area contributed by atoms with Crippen molar-refractivity contribution in [3.05, 3.63) is 47.1 Å². The number of aliphatic hydroxyl groups excluding tert-OH is 2. The average molecular weight is 481 g/mol. The quantitative estimate of drug-likeness (QED) is 0.439. The van der Waals surface area contributed by atoms with Gasteiger partial charge >= 0.3 is 5.97 Å². The Morgan fingerprint density at radius 2 is 1.63 bits per heavy atom. The molecule has 192 valence electrons. The molecule has 0 amide bonds. The first-order chi connectivity index (χ1) is 16.1. The van der Waals surface area contributed by atoms with Crippen molar-refractivity contribution >= 4 is 5.97 Å². The Hall–Kier alpha value is -1.65. The summed E-state index contributed by atoms with van der Waals surface area (Å²) in [6.07, 6.45) is 12.5. The van der Waals surface area contributed by atoms with Crippen LogP contribution in [0.2, 0.25) is 0 Å². The van der Waals surface area contributed by atoms with Crippen molar-refractivity contribution in [2.75, 3.05) is 6.61 Å². The van der Waals surface area contributed by atoms with E-state index in [-0.39, 0.29) is 28.3 Å². The van der Waals surface area contributed by atoms with Crippen molar-refractivity contribution < 1.29 is 20.1 Å². The lowest BCUT2D eigenvalue weighted by molar-refractivity contribution is -0.178. The third-order valence-corrected chi connectivity index (χ3v) is 12.3. The van der Waals surface area contributed by atoms with Crippen molar-refractivity contribution in [1.82, 2.24) is 0 Å². The number of carboxylic acid groups (broad SMARTS) is 1. The Bertz CT molecular complexity index is 1100. The minimum absolute atomic E-state index is 0.0137. The number of aliphatic hydroxyl groups is 2. The Morgan fingerprint density at radius 3 is 2.26 bits per heavy atom. The smallest absolute Gasteiger partial charge is 0.309 e. The maximum atomic E-state index is 12.3. The van der Waals surface area contributed by atoms with Gasteiger partial charge in [-0.05, 0) is 90.8 Å². The van der Waals surface area contributed by atoms with Crippen LogP contribution in [0, 0.1) is 38.4 Å². The molecule has 0 bridgehead atoms. The molecule has 0 aliphatic heterocycles. The highest BCUT2D eigenvalue weighted by atomic mass is 16.4. The molecule has 0 heterocycles. The second kappa shape index (κ2) is 7.22. The van der Waals surface area contributed by atoms with Gasteiger partial charge in [-0.2, -0.15) is 0 Å². The van der Waals surface area contributed by atoms with Gasteiger partial charge in [-0.1, -0.05) is 65.0 Å². The van der Waals surface area contributed by atoms with E-state index in [4.69, 9.17) is 0 Å². The first-order valence-corrected chi connectivity index (χ1v) is 13.5. The van der Waals surface area contributed by atoms with Gasteiger partial charge in [0.1, 0.15) is 0 Å². The predicted molar refractivity (Wildman–Crippen MR) is 139 cm³/mol. The number of carboxylic acids is 1. The molecule has 5 aliphatic carbocycles. The van der Waals surface area contributed by atoms with Crippen LogP contribution in [0.3, 0.4) is 0 Å². The number of carbonyl (C=O) groups is 1. The number of hydrogen-bond acceptors (Lipinski definition) is 3. The van der Waals surface area contributed by atoms with E-state index in [9.17, 15) is 20.1 Å². The monoisotopic (exact) mass is 480 g/mol. The first-order valence-electron chi connectivity index (χ1n) is 13.5. The molecule has 35 heavy (non-hydrogen) atoms. The molecule has 3 saturated carbocycles. The third kappa shape index (κ3) is 2.90. The van der Waals surface area contributed by atoms with Crippen LogP contribution < -0.4 is 0 Å². The molecule has 0 aromatic heterocycles. The molecule has 0 unspecified atom stereocenters. The van der Waals surface area contributed by atoms with Gasteiger partial charge in [0.05, 0.1) is 18.1 Å². The SMILES string of the molecule is C=C1C=C2C(=CC=C3[C@@]2(C)CC[C@@]2(C)[C@@H]4C[C@](C)(C(=O)O)CC[C@]4(C)CC[C@]32C)[C@](C)(CO)[C@H]1O. The van der Waals surface area contributed by atoms with Crippen LogP contribution in [-0.2, 0) is 4.79 Å². The topological polar surface area (TPSA) is 77.8 Å². The minimum atomic E-state index is -0.795. The summed E-state index contributed by atoms with van der Waals surface area (Å²) in [5.74, 6) is -0.285. The molecule has 5 rings (SSSR count). The number of allylic oxidation sites excluding steroid dienone is 4. The van der Waals surface area contributed by atoms with Gasteiger partial charge in [0.25, 0.3) is 0 Å². The summed E-state index contributed by atoms with van der Waals surface area (Å²) in [5, 5.41) is 31.4. The molecule has 4 heteroatoms. The van der Waals surface area contributed by atoms with E-state index < -0.39 is 22.9 Å². The van der Waals surface area contributed by atoms with E-state index in [2.05, 4.69) is 52.5 Å². The van der Waals surface area contributed by atoms with E-state index in [0.29, 0.717) is 11.5 Å². The van der Waals surface area contributed by atoms with Gasteiger partial charge in [-0.25, -0.2) is 0 Å². The summed E-state index contributed by atoms with van der Waals surface area (Å²) < 4.78 is 0. The summed E-state index contributed by atoms with van der Waals surface area (Å²) in [4.78, 5) is 12.3. The van der Waals surface area contributed by atoms with Gasteiger partial charge < -0.3 is 15.3 Å². The zero-order valence-corrected chi connectivity index (χ0v) is 22.5. The number of hydrogen-bond donors (Lipinski definition) is 3. The van der Waals surface area contributed by atoms with Crippen molar-refractivity contribution in [3.8, 4) is 0 Å². The van der Waals surface area contributed by atoms with E-state index in [1.807, 2.05) is 13.8 Å². The Labute approximate surface area is 210 Å². The van der Waals surface area contributed by atoms with Crippen LogP contribution in [0.1, 0.15) is 86.5 Å². The lowest BCUT2D eigenvalue weighted by Crippen LogP contribution is -2.62. The molecule has 4 nitrogen and oxygen atoms in total. The number of aliphatic carboxylic acids is 1. The third-order valence-electron chi connectivity index (χ3n) is 12.3. The van der Waals surface area contributed by atoms with Gasteiger partial charge in [-0.15, -0.1) is 0 Å². The molecule has 3 N–H and O–H groups in total. The fourth-order valence-corrected chi connectivity index (χ4v) is 9.30. The van der Waals surface area contributed by atoms with Gasteiger partial charge in [0.2, 0.25) is 0 Å². The fraction of sp³-hybridized carbons (Fsp3) is 0.710. The normalized spacial score (nSPS) is 51.1. The summed E-state index contributed by atoms with van der Waals surface area (Å²) in [6, 6.07) is 0. The van der Waals surface area contributed by atoms with Crippen molar-refractivity contribution in [2.24, 2.45) is 38.4 Å². The standard InChI is InChI=1S/C31H44O4/c1-19-16-21-20(29(5,18-32)24(19)33)8-9-22-28(21,4)13-15-31(7)23-17-27(3,25(34)35)11-10-26(23,2)12-14-30(22,31)6/h8-9,16,23-24,32-33H,1,10-15,17-18H2,2-7H3,(H,34,35)/t23-,24+,26-,27-,28+,29+,30-,31+/m1/s1. The van der Waals surface area contributed by atoms with E-state index in [1.54, 1.807) is 0 Å². The van der Waals surface area contributed by atoms with Gasteiger partial charge in [-0.3, -0.25) is 4.79 Å². The summed E-state index contributed by atoms with van der Waals surface area (Å²) in [7, 11) is 0. The lowest BCUT2D eigenvalue weighted by Gasteiger charge is -2.70. The molecule has 5 aliphatic rings. The van der Waals surface area contributed by atoms with E-state index in [1.165, 1.54) is 11.1 Å². The first kappa shape index (κ1) is 25.0. The number of fused-ring (bicyclic) bond motifs is 7. The molecular weight excluding hydrogens is 436 g/mol. The van der Waals surface area contributed by atoms with Crippen LogP contribution >= 0.6 is 0 Å². The molecular formula is C31H44O4. The Morgan fingerprint density at radius 1 is 0.971 bits per heavy atom. The molecule has 3 fully saturated rings. The van der Waals surface area contributed by atoms with Crippen LogP contribution in [0.15, 0.2) is 47.1 Å². The largest absolute Gasteiger partial charge is 0.481 e. The highest BCUT2D eigenvalue weighted by Gasteiger charge is 2.67. The van der Waals surface area contributed by atoms with Crippen molar-refractivity contribution in [1.29, 1.82) is 0 Å². The molecule has 0 saturated heterocycles. The van der Waals surface area contributed by atoms with Crippen LogP contribution in [-0.4, -0.2) is 34.0 Å². The molecule has 8 atom stereocenters. The summed E-state index contributed by atoms with van der Waals surface area (Å²) >= 11 is 0. The second-order valence-corrected chi connectivity index (χ2v) is 14.1. The van der Waals surface area contributed by atoms with Crippen molar-refractivity contribution in [3.63, 3.8) is 0 Å². The maximum Gasteiger partial charge on any atom is 0.309 e. The Balaban J connectivity index is 1.65. The van der Waals surface area contributed by atoms with Crippen LogP contribution in [0.25, 0.3) is 0 Å². The van der Waals surface area contributed by atoms with Crippen LogP contribution in [0.4, 0.5) is 0 Å². The van der Waals surface area contributed by atoms with Crippen molar-refractivity contribution in [2.45, 2.75) is 92.6 Å². The average Bonchev–Trinajstić information content (AvgIpc) is 2.81. The van der Waals surface area contributed by atoms with E-state index in [0.717, 1.165) is 50.5 Å². The van der Waals surface area contributed by atoms with Gasteiger partial charge in [0, 0.05) is 10.8 Å². The zero-order chi connectivity index (χ0) is 25.8. The van der Waals surface area contributed by atoms with Gasteiger partial charge in [0.15, 0.2) is 0 Å². The van der Waals surface area contributed by atoms with E-state index >= 15 is 0 Å². The Kier molecular flexibility index (Phi) is 5.16. The summed E-state index contributed by atoms with van der Waals surface area (Å²) in [5.41, 5.74) is 2.93. The maximum absolute atomic E-state index is 12.3. The molecule has 0 aromatic carbocycles.